The SMILES string of the molecule is CCCOc1cccc(NC(=O)COc2c(C)cc(Br)cc2Br)c1. The largest absolute Gasteiger partial charge is 0.494 e. The number of halogens is 2. The third-order valence-corrected chi connectivity index (χ3v) is 4.18. The summed E-state index contributed by atoms with van der Waals surface area (Å²) in [7, 11) is 0. The molecule has 0 aliphatic heterocycles. The minimum Gasteiger partial charge on any atom is -0.494 e. The first kappa shape index (κ1) is 18.8. The number of anilines is 1. The van der Waals surface area contributed by atoms with E-state index in [4.69, 9.17) is 9.47 Å². The van der Waals surface area contributed by atoms with E-state index >= 15 is 0 Å². The van der Waals surface area contributed by atoms with Crippen LogP contribution in [-0.4, -0.2) is 19.1 Å². The van der Waals surface area contributed by atoms with Crippen molar-refractivity contribution >= 4 is 43.5 Å². The summed E-state index contributed by atoms with van der Waals surface area (Å²) in [6.07, 6.45) is 0.936. The van der Waals surface area contributed by atoms with Crippen LogP contribution in [-0.2, 0) is 4.79 Å². The van der Waals surface area contributed by atoms with Gasteiger partial charge in [0.25, 0.3) is 5.91 Å². The third-order valence-electron chi connectivity index (χ3n) is 3.13. The second-order valence-corrected chi connectivity index (χ2v) is 7.02. The van der Waals surface area contributed by atoms with Crippen molar-refractivity contribution in [2.45, 2.75) is 20.3 Å². The number of hydrogen-bond donors (Lipinski definition) is 1. The van der Waals surface area contributed by atoms with E-state index in [1.54, 1.807) is 6.07 Å². The zero-order chi connectivity index (χ0) is 17.5. The van der Waals surface area contributed by atoms with Crippen LogP contribution in [0.25, 0.3) is 0 Å². The molecule has 0 aromatic heterocycles. The van der Waals surface area contributed by atoms with Gasteiger partial charge in [0.2, 0.25) is 0 Å². The molecular weight excluding hydrogens is 438 g/mol. The molecule has 0 spiro atoms. The van der Waals surface area contributed by atoms with Crippen LogP contribution in [0.3, 0.4) is 0 Å². The van der Waals surface area contributed by atoms with Crippen molar-refractivity contribution in [1.82, 2.24) is 0 Å². The number of rotatable bonds is 7. The molecule has 4 nitrogen and oxygen atoms in total. The van der Waals surface area contributed by atoms with E-state index in [0.29, 0.717) is 18.0 Å². The summed E-state index contributed by atoms with van der Waals surface area (Å²) in [6.45, 7) is 4.56. The predicted molar refractivity (Wildman–Crippen MR) is 103 cm³/mol. The number of benzene rings is 2. The molecule has 1 N–H and O–H groups in total. The summed E-state index contributed by atoms with van der Waals surface area (Å²) in [6, 6.07) is 11.1. The van der Waals surface area contributed by atoms with Gasteiger partial charge in [-0.25, -0.2) is 0 Å². The molecule has 0 saturated heterocycles. The smallest absolute Gasteiger partial charge is 0.262 e. The highest BCUT2D eigenvalue weighted by molar-refractivity contribution is 9.11. The Balaban J connectivity index is 1.94. The monoisotopic (exact) mass is 455 g/mol. The topological polar surface area (TPSA) is 47.6 Å². The maximum Gasteiger partial charge on any atom is 0.262 e. The number of carbonyl (C=O) groups is 1. The lowest BCUT2D eigenvalue weighted by Crippen LogP contribution is -2.20. The molecule has 2 rings (SSSR count). The van der Waals surface area contributed by atoms with Crippen molar-refractivity contribution < 1.29 is 14.3 Å². The normalized spacial score (nSPS) is 10.3. The average molecular weight is 457 g/mol. The van der Waals surface area contributed by atoms with Crippen LogP contribution in [0, 0.1) is 6.92 Å². The number of hydrogen-bond acceptors (Lipinski definition) is 3. The highest BCUT2D eigenvalue weighted by Crippen LogP contribution is 2.32. The predicted octanol–water partition coefficient (Wildman–Crippen LogP) is 5.33. The maximum atomic E-state index is 12.1. The molecule has 0 aliphatic rings. The van der Waals surface area contributed by atoms with Gasteiger partial charge in [0.05, 0.1) is 11.1 Å². The molecule has 0 radical (unpaired) electrons. The second kappa shape index (κ2) is 9.08. The first-order valence-corrected chi connectivity index (χ1v) is 9.19. The van der Waals surface area contributed by atoms with Gasteiger partial charge >= 0.3 is 0 Å². The molecule has 0 unspecified atom stereocenters. The lowest BCUT2D eigenvalue weighted by Gasteiger charge is -2.12. The number of nitrogens with one attached hydrogen (secondary N) is 1. The lowest BCUT2D eigenvalue weighted by molar-refractivity contribution is -0.118. The molecule has 128 valence electrons. The van der Waals surface area contributed by atoms with E-state index in [-0.39, 0.29) is 12.5 Å². The summed E-state index contributed by atoms with van der Waals surface area (Å²) in [5.74, 6) is 1.17. The summed E-state index contributed by atoms with van der Waals surface area (Å²) in [5, 5.41) is 2.81. The van der Waals surface area contributed by atoms with Crippen LogP contribution in [0.4, 0.5) is 5.69 Å². The Morgan fingerprint density at radius 1 is 1.17 bits per heavy atom. The minimum atomic E-state index is -0.225. The van der Waals surface area contributed by atoms with E-state index < -0.39 is 0 Å². The van der Waals surface area contributed by atoms with Crippen molar-refractivity contribution in [2.24, 2.45) is 0 Å². The summed E-state index contributed by atoms with van der Waals surface area (Å²) >= 11 is 6.86. The van der Waals surface area contributed by atoms with Crippen LogP contribution >= 0.6 is 31.9 Å². The van der Waals surface area contributed by atoms with E-state index in [0.717, 1.165) is 26.7 Å². The van der Waals surface area contributed by atoms with Crippen LogP contribution in [0.2, 0.25) is 0 Å². The van der Waals surface area contributed by atoms with Gasteiger partial charge in [0.15, 0.2) is 6.61 Å². The first-order chi connectivity index (χ1) is 11.5. The van der Waals surface area contributed by atoms with Gasteiger partial charge in [0.1, 0.15) is 11.5 Å². The molecule has 0 saturated carbocycles. The summed E-state index contributed by atoms with van der Waals surface area (Å²) in [4.78, 5) is 12.1. The van der Waals surface area contributed by atoms with Crippen molar-refractivity contribution in [3.8, 4) is 11.5 Å². The fourth-order valence-corrected chi connectivity index (χ4v) is 3.64. The Kier molecular flexibility index (Phi) is 7.12. The Bertz CT molecular complexity index is 696. The van der Waals surface area contributed by atoms with Gasteiger partial charge < -0.3 is 14.8 Å². The standard InChI is InChI=1S/C18H19Br2NO3/c1-3-7-23-15-6-4-5-14(10-15)21-17(22)11-24-18-12(2)8-13(19)9-16(18)20/h4-6,8-10H,3,7,11H2,1-2H3,(H,21,22). The Morgan fingerprint density at radius 3 is 2.67 bits per heavy atom. The number of ether oxygens (including phenoxy) is 2. The Hall–Kier alpha value is -1.53. The van der Waals surface area contributed by atoms with Crippen LogP contribution in [0.15, 0.2) is 45.3 Å². The van der Waals surface area contributed by atoms with Crippen molar-refractivity contribution in [2.75, 3.05) is 18.5 Å². The van der Waals surface area contributed by atoms with Crippen LogP contribution in [0.5, 0.6) is 11.5 Å². The molecule has 6 heteroatoms. The fraction of sp³-hybridized carbons (Fsp3) is 0.278. The Morgan fingerprint density at radius 2 is 1.96 bits per heavy atom. The van der Waals surface area contributed by atoms with Gasteiger partial charge in [0, 0.05) is 16.2 Å². The van der Waals surface area contributed by atoms with Gasteiger partial charge in [-0.1, -0.05) is 28.9 Å². The zero-order valence-electron chi connectivity index (χ0n) is 13.6. The molecule has 0 atom stereocenters. The molecule has 2 aromatic carbocycles. The van der Waals surface area contributed by atoms with E-state index in [2.05, 4.69) is 37.2 Å². The average Bonchev–Trinajstić information content (AvgIpc) is 2.52. The van der Waals surface area contributed by atoms with E-state index in [1.165, 1.54) is 0 Å². The van der Waals surface area contributed by atoms with Gasteiger partial charge in [-0.05, 0) is 59.1 Å². The van der Waals surface area contributed by atoms with Gasteiger partial charge in [-0.15, -0.1) is 0 Å². The van der Waals surface area contributed by atoms with E-state index in [1.807, 2.05) is 44.2 Å². The fourth-order valence-electron chi connectivity index (χ4n) is 2.09. The van der Waals surface area contributed by atoms with Crippen molar-refractivity contribution in [1.29, 1.82) is 0 Å². The molecule has 0 aliphatic carbocycles. The van der Waals surface area contributed by atoms with Gasteiger partial charge in [-0.2, -0.15) is 0 Å². The zero-order valence-corrected chi connectivity index (χ0v) is 16.7. The quantitative estimate of drug-likeness (QED) is 0.612. The summed E-state index contributed by atoms with van der Waals surface area (Å²) in [5.41, 5.74) is 1.63. The highest BCUT2D eigenvalue weighted by Gasteiger charge is 2.10. The van der Waals surface area contributed by atoms with Crippen molar-refractivity contribution in [3.05, 3.63) is 50.9 Å². The number of aryl methyl sites for hydroxylation is 1. The first-order valence-electron chi connectivity index (χ1n) is 7.60. The molecule has 24 heavy (non-hydrogen) atoms. The van der Waals surface area contributed by atoms with Crippen LogP contribution in [0.1, 0.15) is 18.9 Å². The van der Waals surface area contributed by atoms with E-state index in [9.17, 15) is 4.79 Å². The summed E-state index contributed by atoms with van der Waals surface area (Å²) < 4.78 is 13.0. The molecule has 1 amide bonds. The van der Waals surface area contributed by atoms with Crippen LogP contribution < -0.4 is 14.8 Å². The molecular formula is C18H19Br2NO3. The highest BCUT2D eigenvalue weighted by atomic mass is 79.9. The maximum absolute atomic E-state index is 12.1. The van der Waals surface area contributed by atoms with Crippen molar-refractivity contribution in [3.63, 3.8) is 0 Å². The lowest BCUT2D eigenvalue weighted by atomic mass is 10.2. The minimum absolute atomic E-state index is 0.0683. The second-order valence-electron chi connectivity index (χ2n) is 5.25. The molecule has 0 bridgehead atoms. The van der Waals surface area contributed by atoms with Gasteiger partial charge in [-0.3, -0.25) is 4.79 Å². The molecule has 2 aromatic rings. The number of carbonyl (C=O) groups excluding carboxylic acids is 1. The molecule has 0 heterocycles. The Labute approximate surface area is 158 Å². The number of amides is 1. The molecule has 0 fully saturated rings. The third kappa shape index (κ3) is 5.53.